The molecule has 6 heteroatoms. The molecule has 0 saturated heterocycles. The van der Waals surface area contributed by atoms with Crippen molar-refractivity contribution in [2.45, 2.75) is 20.3 Å². The van der Waals surface area contributed by atoms with Crippen LogP contribution in [0.2, 0.25) is 0 Å². The van der Waals surface area contributed by atoms with E-state index in [4.69, 9.17) is 14.6 Å². The Morgan fingerprint density at radius 3 is 2.48 bits per heavy atom. The van der Waals surface area contributed by atoms with Crippen molar-refractivity contribution in [3.63, 3.8) is 0 Å². The van der Waals surface area contributed by atoms with Crippen LogP contribution in [-0.2, 0) is 4.79 Å². The monoisotopic (exact) mass is 295 g/mol. The fourth-order valence-corrected chi connectivity index (χ4v) is 1.89. The molecule has 0 radical (unpaired) electrons. The van der Waals surface area contributed by atoms with Crippen LogP contribution in [0.1, 0.15) is 30.6 Å². The molecule has 1 rings (SSSR count). The topological polar surface area (TPSA) is 76.1 Å². The van der Waals surface area contributed by atoms with Gasteiger partial charge < -0.3 is 19.5 Å². The summed E-state index contributed by atoms with van der Waals surface area (Å²) in [6.45, 7) is 4.81. The molecule has 0 aliphatic heterocycles. The largest absolute Gasteiger partial charge is 0.493 e. The maximum absolute atomic E-state index is 12.4. The Balaban J connectivity index is 2.92. The van der Waals surface area contributed by atoms with E-state index in [-0.39, 0.29) is 18.9 Å². The maximum Gasteiger partial charge on any atom is 0.305 e. The molecule has 0 unspecified atom stereocenters. The molecule has 0 bridgehead atoms. The first-order valence-corrected chi connectivity index (χ1v) is 6.85. The number of hydrogen-bond donors (Lipinski definition) is 1. The second-order valence-corrected chi connectivity index (χ2v) is 4.33. The van der Waals surface area contributed by atoms with Crippen LogP contribution in [0.3, 0.4) is 0 Å². The summed E-state index contributed by atoms with van der Waals surface area (Å²) in [7, 11) is 1.51. The van der Waals surface area contributed by atoms with Crippen LogP contribution < -0.4 is 9.47 Å². The van der Waals surface area contributed by atoms with Gasteiger partial charge in [0.05, 0.1) is 20.1 Å². The number of carboxylic acid groups (broad SMARTS) is 1. The van der Waals surface area contributed by atoms with Gasteiger partial charge in [0.1, 0.15) is 0 Å². The number of amides is 1. The molecule has 1 amide bonds. The number of hydrogen-bond acceptors (Lipinski definition) is 4. The average molecular weight is 295 g/mol. The van der Waals surface area contributed by atoms with Crippen molar-refractivity contribution in [3.05, 3.63) is 23.8 Å². The van der Waals surface area contributed by atoms with Gasteiger partial charge in [-0.2, -0.15) is 0 Å². The fourth-order valence-electron chi connectivity index (χ4n) is 1.89. The van der Waals surface area contributed by atoms with Gasteiger partial charge in [-0.15, -0.1) is 0 Å². The lowest BCUT2D eigenvalue weighted by atomic mass is 10.1. The number of aliphatic carboxylic acids is 1. The molecule has 1 aromatic carbocycles. The Hall–Kier alpha value is -2.24. The van der Waals surface area contributed by atoms with Crippen molar-refractivity contribution in [3.8, 4) is 11.5 Å². The zero-order valence-corrected chi connectivity index (χ0v) is 12.6. The van der Waals surface area contributed by atoms with Gasteiger partial charge in [-0.1, -0.05) is 0 Å². The van der Waals surface area contributed by atoms with E-state index in [1.807, 2.05) is 13.8 Å². The van der Waals surface area contributed by atoms with Crippen molar-refractivity contribution >= 4 is 11.9 Å². The van der Waals surface area contributed by atoms with E-state index < -0.39 is 5.97 Å². The molecule has 0 aliphatic carbocycles. The molecule has 0 spiro atoms. The van der Waals surface area contributed by atoms with Crippen molar-refractivity contribution in [1.82, 2.24) is 4.90 Å². The predicted octanol–water partition coefficient (Wildman–Crippen LogP) is 2.03. The van der Waals surface area contributed by atoms with Gasteiger partial charge in [0.15, 0.2) is 11.5 Å². The summed E-state index contributed by atoms with van der Waals surface area (Å²) >= 11 is 0. The summed E-state index contributed by atoms with van der Waals surface area (Å²) in [6, 6.07) is 4.94. The minimum Gasteiger partial charge on any atom is -0.493 e. The van der Waals surface area contributed by atoms with Gasteiger partial charge in [0, 0.05) is 18.7 Å². The Kier molecular flexibility index (Phi) is 6.52. The first kappa shape index (κ1) is 16.8. The van der Waals surface area contributed by atoms with Crippen LogP contribution in [-0.4, -0.2) is 48.7 Å². The third-order valence-electron chi connectivity index (χ3n) is 2.97. The minimum atomic E-state index is -0.925. The van der Waals surface area contributed by atoms with E-state index in [1.165, 1.54) is 12.0 Å². The Morgan fingerprint density at radius 2 is 1.95 bits per heavy atom. The zero-order valence-electron chi connectivity index (χ0n) is 12.6. The average Bonchev–Trinajstić information content (AvgIpc) is 2.48. The van der Waals surface area contributed by atoms with E-state index in [0.717, 1.165) is 0 Å². The highest BCUT2D eigenvalue weighted by Crippen LogP contribution is 2.28. The first-order valence-electron chi connectivity index (χ1n) is 6.85. The smallest absolute Gasteiger partial charge is 0.305 e. The number of methoxy groups -OCH3 is 1. The molecular formula is C15H21NO5. The lowest BCUT2D eigenvalue weighted by molar-refractivity contribution is -0.137. The molecule has 0 aliphatic rings. The number of ether oxygens (including phenoxy) is 2. The third-order valence-corrected chi connectivity index (χ3v) is 2.97. The van der Waals surface area contributed by atoms with Gasteiger partial charge in [0.25, 0.3) is 5.91 Å². The summed E-state index contributed by atoms with van der Waals surface area (Å²) in [4.78, 5) is 24.5. The normalized spacial score (nSPS) is 10.0. The Morgan fingerprint density at radius 1 is 1.24 bits per heavy atom. The highest BCUT2D eigenvalue weighted by atomic mass is 16.5. The van der Waals surface area contributed by atoms with Crippen molar-refractivity contribution < 1.29 is 24.2 Å². The van der Waals surface area contributed by atoms with Gasteiger partial charge in [0.2, 0.25) is 0 Å². The molecule has 6 nitrogen and oxygen atoms in total. The molecule has 0 atom stereocenters. The van der Waals surface area contributed by atoms with E-state index in [0.29, 0.717) is 30.2 Å². The number of benzene rings is 1. The van der Waals surface area contributed by atoms with Gasteiger partial charge >= 0.3 is 5.97 Å². The molecular weight excluding hydrogens is 274 g/mol. The molecule has 0 aromatic heterocycles. The van der Waals surface area contributed by atoms with Crippen LogP contribution in [0, 0.1) is 0 Å². The lowest BCUT2D eigenvalue weighted by Gasteiger charge is -2.20. The van der Waals surface area contributed by atoms with E-state index in [2.05, 4.69) is 0 Å². The molecule has 1 aromatic rings. The van der Waals surface area contributed by atoms with Gasteiger partial charge in [-0.05, 0) is 32.0 Å². The van der Waals surface area contributed by atoms with Crippen LogP contribution in [0.4, 0.5) is 0 Å². The highest BCUT2D eigenvalue weighted by Gasteiger charge is 2.17. The highest BCUT2D eigenvalue weighted by molar-refractivity contribution is 5.95. The van der Waals surface area contributed by atoms with Gasteiger partial charge in [-0.3, -0.25) is 9.59 Å². The molecule has 21 heavy (non-hydrogen) atoms. The molecule has 0 fully saturated rings. The third kappa shape index (κ3) is 4.66. The zero-order chi connectivity index (χ0) is 15.8. The fraction of sp³-hybridized carbons (Fsp3) is 0.467. The summed E-state index contributed by atoms with van der Waals surface area (Å²) in [5.41, 5.74) is 0.447. The quantitative estimate of drug-likeness (QED) is 0.794. The van der Waals surface area contributed by atoms with Crippen LogP contribution in [0.5, 0.6) is 11.5 Å². The van der Waals surface area contributed by atoms with E-state index in [1.54, 1.807) is 18.2 Å². The molecule has 0 heterocycles. The number of carboxylic acids is 1. The predicted molar refractivity (Wildman–Crippen MR) is 78.0 cm³/mol. The van der Waals surface area contributed by atoms with Crippen molar-refractivity contribution in [2.24, 2.45) is 0 Å². The SMILES string of the molecule is CCOc1ccc(C(=O)N(CC)CCC(=O)O)cc1OC. The number of carbonyl (C=O) groups is 2. The molecule has 1 N–H and O–H groups in total. The molecule has 116 valence electrons. The van der Waals surface area contributed by atoms with E-state index >= 15 is 0 Å². The van der Waals surface area contributed by atoms with Crippen molar-refractivity contribution in [2.75, 3.05) is 26.8 Å². The number of carbonyl (C=O) groups excluding carboxylic acids is 1. The summed E-state index contributed by atoms with van der Waals surface area (Å²) < 4.78 is 10.6. The minimum absolute atomic E-state index is 0.0757. The van der Waals surface area contributed by atoms with Crippen molar-refractivity contribution in [1.29, 1.82) is 0 Å². The number of nitrogens with zero attached hydrogens (tertiary/aromatic N) is 1. The second kappa shape index (κ2) is 8.14. The lowest BCUT2D eigenvalue weighted by Crippen LogP contribution is -2.32. The van der Waals surface area contributed by atoms with Crippen LogP contribution in [0.15, 0.2) is 18.2 Å². The first-order chi connectivity index (χ1) is 10.0. The standard InChI is InChI=1S/C15H21NO5/c1-4-16(9-8-14(17)18)15(19)11-6-7-12(21-5-2)13(10-11)20-3/h6-7,10H,4-5,8-9H2,1-3H3,(H,17,18). The second-order valence-electron chi connectivity index (χ2n) is 4.33. The Labute approximate surface area is 124 Å². The van der Waals surface area contributed by atoms with E-state index in [9.17, 15) is 9.59 Å². The molecule has 0 saturated carbocycles. The number of rotatable bonds is 8. The summed E-state index contributed by atoms with van der Waals surface area (Å²) in [5.74, 6) is -0.0901. The maximum atomic E-state index is 12.4. The Bertz CT molecular complexity index is 501. The summed E-state index contributed by atoms with van der Waals surface area (Å²) in [5, 5.41) is 8.71. The van der Waals surface area contributed by atoms with Gasteiger partial charge in [-0.25, -0.2) is 0 Å². The van der Waals surface area contributed by atoms with Crippen LogP contribution in [0.25, 0.3) is 0 Å². The van der Waals surface area contributed by atoms with Crippen LogP contribution >= 0.6 is 0 Å². The summed E-state index contributed by atoms with van der Waals surface area (Å²) in [6.07, 6.45) is -0.0757.